The second-order valence-corrected chi connectivity index (χ2v) is 5.42. The third-order valence-corrected chi connectivity index (χ3v) is 3.96. The summed E-state index contributed by atoms with van der Waals surface area (Å²) in [7, 11) is 0. The zero-order chi connectivity index (χ0) is 14.8. The van der Waals surface area contributed by atoms with Crippen molar-refractivity contribution in [3.8, 4) is 11.3 Å². The van der Waals surface area contributed by atoms with Gasteiger partial charge in [-0.15, -0.1) is 0 Å². The van der Waals surface area contributed by atoms with Gasteiger partial charge < -0.3 is 14.5 Å². The second kappa shape index (κ2) is 5.69. The number of nitrogens with zero attached hydrogens (tertiary/aromatic N) is 2. The lowest BCUT2D eigenvalue weighted by Crippen LogP contribution is -2.29. The van der Waals surface area contributed by atoms with E-state index in [-0.39, 0.29) is 18.4 Å². The van der Waals surface area contributed by atoms with Crippen LogP contribution < -0.4 is 0 Å². The van der Waals surface area contributed by atoms with E-state index in [1.807, 2.05) is 30.3 Å². The van der Waals surface area contributed by atoms with Crippen molar-refractivity contribution < 1.29 is 14.4 Å². The highest BCUT2D eigenvalue weighted by Gasteiger charge is 2.31. The largest absolute Gasteiger partial charge is 0.396 e. The Labute approximate surface area is 123 Å². The summed E-state index contributed by atoms with van der Waals surface area (Å²) in [6, 6.07) is 9.56. The molecule has 1 amide bonds. The summed E-state index contributed by atoms with van der Waals surface area (Å²) >= 11 is 0. The number of aliphatic hydroxyl groups excluding tert-OH is 1. The van der Waals surface area contributed by atoms with Gasteiger partial charge in [-0.05, 0) is 13.3 Å². The first-order chi connectivity index (χ1) is 10.2. The Morgan fingerprint density at radius 1 is 1.43 bits per heavy atom. The van der Waals surface area contributed by atoms with E-state index in [2.05, 4.69) is 5.16 Å². The summed E-state index contributed by atoms with van der Waals surface area (Å²) in [6.07, 6.45) is 0.841. The zero-order valence-corrected chi connectivity index (χ0v) is 12.0. The number of hydrogen-bond acceptors (Lipinski definition) is 4. The molecule has 5 nitrogen and oxygen atoms in total. The number of carbonyl (C=O) groups excluding carboxylic acids is 1. The number of benzene rings is 1. The van der Waals surface area contributed by atoms with Gasteiger partial charge in [-0.1, -0.05) is 35.5 Å². The van der Waals surface area contributed by atoms with Crippen molar-refractivity contribution in [3.05, 3.63) is 41.7 Å². The van der Waals surface area contributed by atoms with Crippen molar-refractivity contribution in [2.45, 2.75) is 13.3 Å². The molecule has 110 valence electrons. The smallest absolute Gasteiger partial charge is 0.259 e. The van der Waals surface area contributed by atoms with E-state index in [0.717, 1.165) is 12.0 Å². The normalized spacial score (nSPS) is 18.2. The summed E-state index contributed by atoms with van der Waals surface area (Å²) in [5.41, 5.74) is 1.99. The average Bonchev–Trinajstić information content (AvgIpc) is 3.14. The van der Waals surface area contributed by atoms with Crippen LogP contribution in [0.2, 0.25) is 0 Å². The van der Waals surface area contributed by atoms with Crippen molar-refractivity contribution in [3.63, 3.8) is 0 Å². The molecule has 1 atom stereocenters. The van der Waals surface area contributed by atoms with Crippen LogP contribution in [0.3, 0.4) is 0 Å². The molecule has 3 rings (SSSR count). The number of rotatable bonds is 3. The molecule has 1 aromatic heterocycles. The van der Waals surface area contributed by atoms with Crippen LogP contribution >= 0.6 is 0 Å². The molecule has 1 N–H and O–H groups in total. The molecule has 1 aromatic carbocycles. The number of aromatic nitrogens is 1. The van der Waals surface area contributed by atoms with Gasteiger partial charge in [-0.25, -0.2) is 0 Å². The second-order valence-electron chi connectivity index (χ2n) is 5.42. The summed E-state index contributed by atoms with van der Waals surface area (Å²) in [6.45, 7) is 3.14. The monoisotopic (exact) mass is 286 g/mol. The molecular formula is C16H18N2O3. The van der Waals surface area contributed by atoms with Gasteiger partial charge in [-0.2, -0.15) is 0 Å². The first-order valence-electron chi connectivity index (χ1n) is 7.12. The summed E-state index contributed by atoms with van der Waals surface area (Å²) in [5.74, 6) is 0.643. The SMILES string of the molecule is Cc1onc(-c2ccccc2)c1C(=O)N1CCC(CO)C1. The van der Waals surface area contributed by atoms with Gasteiger partial charge in [0.05, 0.1) is 0 Å². The molecule has 0 bridgehead atoms. The van der Waals surface area contributed by atoms with Crippen LogP contribution in [0, 0.1) is 12.8 Å². The molecule has 0 spiro atoms. The quantitative estimate of drug-likeness (QED) is 0.938. The van der Waals surface area contributed by atoms with E-state index in [4.69, 9.17) is 4.52 Å². The van der Waals surface area contributed by atoms with Gasteiger partial charge >= 0.3 is 0 Å². The van der Waals surface area contributed by atoms with Crippen LogP contribution in [0.5, 0.6) is 0 Å². The summed E-state index contributed by atoms with van der Waals surface area (Å²) < 4.78 is 5.24. The molecule has 0 saturated carbocycles. The Balaban J connectivity index is 1.92. The molecule has 1 saturated heterocycles. The van der Waals surface area contributed by atoms with Crippen LogP contribution in [0.25, 0.3) is 11.3 Å². The lowest BCUT2D eigenvalue weighted by atomic mass is 10.1. The Morgan fingerprint density at radius 3 is 2.86 bits per heavy atom. The van der Waals surface area contributed by atoms with Crippen molar-refractivity contribution in [2.75, 3.05) is 19.7 Å². The van der Waals surface area contributed by atoms with Crippen LogP contribution in [-0.4, -0.2) is 40.8 Å². The van der Waals surface area contributed by atoms with Crippen LogP contribution in [0.1, 0.15) is 22.5 Å². The maximum absolute atomic E-state index is 12.7. The fraction of sp³-hybridized carbons (Fsp3) is 0.375. The van der Waals surface area contributed by atoms with E-state index in [9.17, 15) is 9.90 Å². The highest BCUT2D eigenvalue weighted by atomic mass is 16.5. The summed E-state index contributed by atoms with van der Waals surface area (Å²) in [5, 5.41) is 13.3. The molecule has 2 heterocycles. The number of likely N-dealkylation sites (tertiary alicyclic amines) is 1. The van der Waals surface area contributed by atoms with Gasteiger partial charge in [0, 0.05) is 31.2 Å². The molecule has 0 aliphatic carbocycles. The van der Waals surface area contributed by atoms with Gasteiger partial charge in [0.1, 0.15) is 17.0 Å². The van der Waals surface area contributed by atoms with Crippen LogP contribution in [-0.2, 0) is 0 Å². The molecule has 1 fully saturated rings. The minimum absolute atomic E-state index is 0.0662. The standard InChI is InChI=1S/C16H18N2O3/c1-11-14(16(20)18-8-7-12(9-18)10-19)15(17-21-11)13-5-3-2-4-6-13/h2-6,12,19H,7-10H2,1H3. The number of aryl methyl sites for hydroxylation is 1. The van der Waals surface area contributed by atoms with E-state index in [0.29, 0.717) is 30.1 Å². The fourth-order valence-electron chi connectivity index (χ4n) is 2.74. The molecule has 1 unspecified atom stereocenters. The van der Waals surface area contributed by atoms with Crippen molar-refractivity contribution >= 4 is 5.91 Å². The molecular weight excluding hydrogens is 268 g/mol. The van der Waals surface area contributed by atoms with Gasteiger partial charge in [0.25, 0.3) is 5.91 Å². The van der Waals surface area contributed by atoms with Gasteiger partial charge in [-0.3, -0.25) is 4.79 Å². The number of carbonyl (C=O) groups is 1. The van der Waals surface area contributed by atoms with Crippen molar-refractivity contribution in [1.29, 1.82) is 0 Å². The van der Waals surface area contributed by atoms with E-state index >= 15 is 0 Å². The predicted octanol–water partition coefficient (Wildman–Crippen LogP) is 2.10. The third kappa shape index (κ3) is 2.56. The average molecular weight is 286 g/mol. The Bertz CT molecular complexity index is 636. The Kier molecular flexibility index (Phi) is 3.75. The minimum atomic E-state index is -0.0662. The van der Waals surface area contributed by atoms with E-state index in [1.54, 1.807) is 11.8 Å². The first-order valence-corrected chi connectivity index (χ1v) is 7.12. The molecule has 1 aliphatic heterocycles. The topological polar surface area (TPSA) is 66.6 Å². The molecule has 0 radical (unpaired) electrons. The molecule has 5 heteroatoms. The number of aliphatic hydroxyl groups is 1. The van der Waals surface area contributed by atoms with E-state index < -0.39 is 0 Å². The highest BCUT2D eigenvalue weighted by Crippen LogP contribution is 2.28. The van der Waals surface area contributed by atoms with E-state index in [1.165, 1.54) is 0 Å². The lowest BCUT2D eigenvalue weighted by molar-refractivity contribution is 0.0781. The maximum Gasteiger partial charge on any atom is 0.259 e. The predicted molar refractivity (Wildman–Crippen MR) is 77.8 cm³/mol. The molecule has 1 aliphatic rings. The third-order valence-electron chi connectivity index (χ3n) is 3.96. The Morgan fingerprint density at radius 2 is 2.19 bits per heavy atom. The van der Waals surface area contributed by atoms with Crippen LogP contribution in [0.4, 0.5) is 0 Å². The zero-order valence-electron chi connectivity index (χ0n) is 12.0. The van der Waals surface area contributed by atoms with Gasteiger partial charge in [0.2, 0.25) is 0 Å². The minimum Gasteiger partial charge on any atom is -0.396 e. The number of hydrogen-bond donors (Lipinski definition) is 1. The lowest BCUT2D eigenvalue weighted by Gasteiger charge is -2.16. The highest BCUT2D eigenvalue weighted by molar-refractivity contribution is 6.00. The molecule has 21 heavy (non-hydrogen) atoms. The van der Waals surface area contributed by atoms with Crippen LogP contribution in [0.15, 0.2) is 34.9 Å². The first kappa shape index (κ1) is 13.8. The van der Waals surface area contributed by atoms with Crippen molar-refractivity contribution in [1.82, 2.24) is 10.1 Å². The van der Waals surface area contributed by atoms with Crippen molar-refractivity contribution in [2.24, 2.45) is 5.92 Å². The Hall–Kier alpha value is -2.14. The maximum atomic E-state index is 12.7. The van der Waals surface area contributed by atoms with Gasteiger partial charge in [0.15, 0.2) is 0 Å². The molecule has 2 aromatic rings. The fourth-order valence-corrected chi connectivity index (χ4v) is 2.74. The summed E-state index contributed by atoms with van der Waals surface area (Å²) in [4.78, 5) is 14.5. The number of amides is 1.